The molecular weight excluding hydrogens is 492 g/mol. The molecule has 5 nitrogen and oxygen atoms in total. The van der Waals surface area contributed by atoms with Crippen molar-refractivity contribution < 1.29 is 9.53 Å². The molecule has 2 aromatic rings. The van der Waals surface area contributed by atoms with Gasteiger partial charge in [0.2, 0.25) is 5.91 Å². The number of amides is 1. The molecule has 32 heavy (non-hydrogen) atoms. The van der Waals surface area contributed by atoms with Crippen molar-refractivity contribution in [2.45, 2.75) is 24.9 Å². The van der Waals surface area contributed by atoms with Gasteiger partial charge in [-0.15, -0.1) is 24.8 Å². The number of benzene rings is 2. The summed E-state index contributed by atoms with van der Waals surface area (Å²) in [6.45, 7) is 3.89. The number of piperazine rings is 1. The molecule has 1 aliphatic heterocycles. The summed E-state index contributed by atoms with van der Waals surface area (Å²) in [7, 11) is 3.43. The highest BCUT2D eigenvalue weighted by Crippen LogP contribution is 2.38. The lowest BCUT2D eigenvalue weighted by Crippen LogP contribution is -2.63. The Balaban J connectivity index is 0.00000181. The van der Waals surface area contributed by atoms with Gasteiger partial charge in [0.1, 0.15) is 11.3 Å². The standard InChI is InChI=1S/C23H27Cl2N3O2.2ClH/c1-27(15-18-11-19(24)12-20(25)21(18)30-2)22(29)23(28-9-7-26-8-10-28)13-16-5-3-4-6-17(16)14-23;;/h3-6,11-12,26H,7-10,13-15H2,1-2H3;2*1H. The number of halogens is 4. The third kappa shape index (κ3) is 5.14. The van der Waals surface area contributed by atoms with Crippen molar-refractivity contribution in [3.63, 3.8) is 0 Å². The lowest BCUT2D eigenvalue weighted by atomic mass is 9.90. The first-order valence-corrected chi connectivity index (χ1v) is 11.0. The first kappa shape index (κ1) is 27.0. The number of fused-ring (bicyclic) bond motifs is 1. The Morgan fingerprint density at radius 3 is 2.28 bits per heavy atom. The molecule has 2 aliphatic rings. The van der Waals surface area contributed by atoms with Gasteiger partial charge in [-0.05, 0) is 23.3 Å². The molecule has 1 fully saturated rings. The van der Waals surface area contributed by atoms with Crippen molar-refractivity contribution in [2.24, 2.45) is 0 Å². The summed E-state index contributed by atoms with van der Waals surface area (Å²) >= 11 is 12.5. The van der Waals surface area contributed by atoms with E-state index in [4.69, 9.17) is 27.9 Å². The van der Waals surface area contributed by atoms with E-state index >= 15 is 0 Å². The van der Waals surface area contributed by atoms with Crippen molar-refractivity contribution in [1.29, 1.82) is 0 Å². The number of hydrogen-bond donors (Lipinski definition) is 1. The maximum Gasteiger partial charge on any atom is 0.243 e. The zero-order valence-corrected chi connectivity index (χ0v) is 21.3. The van der Waals surface area contributed by atoms with Crippen LogP contribution in [0, 0.1) is 0 Å². The topological polar surface area (TPSA) is 44.8 Å². The van der Waals surface area contributed by atoms with Crippen molar-refractivity contribution in [2.75, 3.05) is 40.3 Å². The number of carbonyl (C=O) groups is 1. The predicted molar refractivity (Wildman–Crippen MR) is 135 cm³/mol. The molecule has 4 rings (SSSR count). The largest absolute Gasteiger partial charge is 0.495 e. The van der Waals surface area contributed by atoms with Gasteiger partial charge in [0.05, 0.1) is 12.1 Å². The fraction of sp³-hybridized carbons (Fsp3) is 0.435. The Morgan fingerprint density at radius 1 is 1.12 bits per heavy atom. The highest BCUT2D eigenvalue weighted by atomic mass is 35.5. The second kappa shape index (κ2) is 11.3. The summed E-state index contributed by atoms with van der Waals surface area (Å²) in [5, 5.41) is 4.38. The van der Waals surface area contributed by atoms with Gasteiger partial charge in [-0.25, -0.2) is 0 Å². The minimum absolute atomic E-state index is 0. The van der Waals surface area contributed by atoms with E-state index in [9.17, 15) is 4.79 Å². The molecule has 0 unspecified atom stereocenters. The van der Waals surface area contributed by atoms with E-state index in [-0.39, 0.29) is 30.7 Å². The SMILES string of the molecule is COc1c(Cl)cc(Cl)cc1CN(C)C(=O)C1(N2CCNCC2)Cc2ccccc2C1.Cl.Cl. The number of methoxy groups -OCH3 is 1. The van der Waals surface area contributed by atoms with Crippen LogP contribution in [-0.2, 0) is 24.2 Å². The van der Waals surface area contributed by atoms with Gasteiger partial charge in [0, 0.05) is 63.2 Å². The van der Waals surface area contributed by atoms with Gasteiger partial charge in [-0.1, -0.05) is 47.5 Å². The van der Waals surface area contributed by atoms with Crippen molar-refractivity contribution in [3.8, 4) is 5.75 Å². The van der Waals surface area contributed by atoms with E-state index in [2.05, 4.69) is 34.5 Å². The van der Waals surface area contributed by atoms with E-state index in [0.29, 0.717) is 22.3 Å². The fourth-order valence-electron chi connectivity index (χ4n) is 4.84. The average Bonchev–Trinajstić information content (AvgIpc) is 3.14. The van der Waals surface area contributed by atoms with E-state index in [1.165, 1.54) is 11.1 Å². The number of hydrogen-bond acceptors (Lipinski definition) is 4. The number of ether oxygens (including phenoxy) is 1. The highest BCUT2D eigenvalue weighted by molar-refractivity contribution is 6.35. The minimum atomic E-state index is -0.559. The van der Waals surface area contributed by atoms with Crippen LogP contribution in [0.15, 0.2) is 36.4 Å². The molecule has 0 saturated carbocycles. The molecular formula is C23H29Cl4N3O2. The van der Waals surface area contributed by atoms with Crippen molar-refractivity contribution >= 4 is 53.9 Å². The molecule has 9 heteroatoms. The first-order valence-electron chi connectivity index (χ1n) is 10.2. The molecule has 2 aromatic carbocycles. The number of nitrogens with zero attached hydrogens (tertiary/aromatic N) is 2. The van der Waals surface area contributed by atoms with Crippen LogP contribution in [0.5, 0.6) is 5.75 Å². The average molecular weight is 521 g/mol. The smallest absolute Gasteiger partial charge is 0.243 e. The van der Waals surface area contributed by atoms with Crippen molar-refractivity contribution in [3.05, 3.63) is 63.1 Å². The molecule has 0 spiro atoms. The van der Waals surface area contributed by atoms with Crippen LogP contribution in [0.2, 0.25) is 10.0 Å². The van der Waals surface area contributed by atoms with Crippen LogP contribution in [-0.4, -0.2) is 61.6 Å². The van der Waals surface area contributed by atoms with E-state index < -0.39 is 5.54 Å². The summed E-state index contributed by atoms with van der Waals surface area (Å²) in [4.78, 5) is 18.1. The predicted octanol–water partition coefficient (Wildman–Crippen LogP) is 4.25. The van der Waals surface area contributed by atoms with Gasteiger partial charge in [-0.3, -0.25) is 9.69 Å². The molecule has 1 N–H and O–H groups in total. The maximum atomic E-state index is 14.0. The van der Waals surface area contributed by atoms with Crippen molar-refractivity contribution in [1.82, 2.24) is 15.1 Å². The third-order valence-corrected chi connectivity index (χ3v) is 6.75. The Kier molecular flexibility index (Phi) is 9.53. The Hall–Kier alpha value is -1.21. The van der Waals surface area contributed by atoms with Crippen LogP contribution in [0.3, 0.4) is 0 Å². The van der Waals surface area contributed by atoms with E-state index in [1.807, 2.05) is 13.1 Å². The molecule has 0 radical (unpaired) electrons. The van der Waals surface area contributed by atoms with Crippen LogP contribution >= 0.6 is 48.0 Å². The lowest BCUT2D eigenvalue weighted by Gasteiger charge is -2.44. The molecule has 0 bridgehead atoms. The maximum absolute atomic E-state index is 14.0. The van der Waals surface area contributed by atoms with Gasteiger partial charge in [0.15, 0.2) is 0 Å². The van der Waals surface area contributed by atoms with Crippen LogP contribution in [0.25, 0.3) is 0 Å². The second-order valence-corrected chi connectivity index (χ2v) is 8.98. The molecule has 176 valence electrons. The summed E-state index contributed by atoms with van der Waals surface area (Å²) in [6.07, 6.45) is 1.47. The van der Waals surface area contributed by atoms with Gasteiger partial charge in [-0.2, -0.15) is 0 Å². The highest BCUT2D eigenvalue weighted by Gasteiger charge is 2.49. The van der Waals surface area contributed by atoms with Gasteiger partial charge in [0.25, 0.3) is 0 Å². The normalized spacial score (nSPS) is 17.0. The number of rotatable bonds is 5. The van der Waals surface area contributed by atoms with E-state index in [1.54, 1.807) is 18.1 Å². The van der Waals surface area contributed by atoms with Crippen LogP contribution in [0.1, 0.15) is 16.7 Å². The molecule has 0 aromatic heterocycles. The second-order valence-electron chi connectivity index (χ2n) is 8.13. The van der Waals surface area contributed by atoms with Crippen LogP contribution < -0.4 is 10.1 Å². The zero-order chi connectivity index (χ0) is 21.3. The third-order valence-electron chi connectivity index (χ3n) is 6.25. The molecule has 1 amide bonds. The zero-order valence-electron chi connectivity index (χ0n) is 18.2. The van der Waals surface area contributed by atoms with E-state index in [0.717, 1.165) is 44.6 Å². The summed E-state index contributed by atoms with van der Waals surface area (Å²) in [5.41, 5.74) is 2.77. The van der Waals surface area contributed by atoms with Gasteiger partial charge < -0.3 is 15.0 Å². The number of likely N-dealkylation sites (N-methyl/N-ethyl adjacent to an activating group) is 1. The minimum Gasteiger partial charge on any atom is -0.495 e. The summed E-state index contributed by atoms with van der Waals surface area (Å²) in [6, 6.07) is 11.9. The molecule has 1 heterocycles. The Bertz CT molecular complexity index is 926. The number of nitrogens with one attached hydrogen (secondary N) is 1. The Labute approximate surface area is 212 Å². The van der Waals surface area contributed by atoms with Crippen LogP contribution in [0.4, 0.5) is 0 Å². The first-order chi connectivity index (χ1) is 14.4. The summed E-state index contributed by atoms with van der Waals surface area (Å²) in [5.74, 6) is 0.686. The molecule has 1 aliphatic carbocycles. The summed E-state index contributed by atoms with van der Waals surface area (Å²) < 4.78 is 5.48. The Morgan fingerprint density at radius 2 is 1.72 bits per heavy atom. The molecule has 0 atom stereocenters. The molecule has 1 saturated heterocycles. The quantitative estimate of drug-likeness (QED) is 0.640. The lowest BCUT2D eigenvalue weighted by molar-refractivity contribution is -0.144. The number of carbonyl (C=O) groups excluding carboxylic acids is 1. The van der Waals surface area contributed by atoms with Gasteiger partial charge >= 0.3 is 0 Å². The monoisotopic (exact) mass is 519 g/mol. The fourth-order valence-corrected chi connectivity index (χ4v) is 5.45.